The highest BCUT2D eigenvalue weighted by Crippen LogP contribution is 2.23. The van der Waals surface area contributed by atoms with Crippen molar-refractivity contribution in [3.63, 3.8) is 0 Å². The van der Waals surface area contributed by atoms with Crippen molar-refractivity contribution in [3.8, 4) is 6.07 Å². The van der Waals surface area contributed by atoms with Crippen LogP contribution >= 0.6 is 11.6 Å². The first kappa shape index (κ1) is 15.8. The number of carboxylic acids is 1. The molecule has 1 aromatic carbocycles. The summed E-state index contributed by atoms with van der Waals surface area (Å²) in [5, 5.41) is 20.2. The molecule has 1 aromatic rings. The van der Waals surface area contributed by atoms with E-state index >= 15 is 0 Å². The van der Waals surface area contributed by atoms with E-state index in [1.165, 1.54) is 17.0 Å². The van der Waals surface area contributed by atoms with Crippen LogP contribution < -0.4 is 5.32 Å². The average Bonchev–Trinajstić information content (AvgIpc) is 2.40. The molecular formula is C13H14ClN3O3. The standard InChI is InChI=1S/C13H14ClN3O3/c1-17(6-2-3-12(18)19)13(20)16-11-7-9(8-15)4-5-10(11)14/h4-5,7H,2-3,6H2,1H3,(H,16,20)(H,18,19). The zero-order valence-electron chi connectivity index (χ0n) is 10.9. The third kappa shape index (κ3) is 4.78. The molecule has 2 N–H and O–H groups in total. The van der Waals surface area contributed by atoms with E-state index in [0.29, 0.717) is 29.2 Å². The molecule has 0 aromatic heterocycles. The molecule has 0 saturated carbocycles. The number of urea groups is 1. The van der Waals surface area contributed by atoms with Crippen molar-refractivity contribution in [3.05, 3.63) is 28.8 Å². The molecule has 20 heavy (non-hydrogen) atoms. The number of nitrogens with one attached hydrogen (secondary N) is 1. The van der Waals surface area contributed by atoms with Gasteiger partial charge in [0, 0.05) is 20.0 Å². The first-order valence-corrected chi connectivity index (χ1v) is 6.25. The normalized spacial score (nSPS) is 9.65. The fraction of sp³-hybridized carbons (Fsp3) is 0.308. The summed E-state index contributed by atoms with van der Waals surface area (Å²) < 4.78 is 0. The summed E-state index contributed by atoms with van der Waals surface area (Å²) in [6, 6.07) is 6.10. The topological polar surface area (TPSA) is 93.4 Å². The van der Waals surface area contributed by atoms with Crippen molar-refractivity contribution in [2.24, 2.45) is 0 Å². The number of nitriles is 1. The van der Waals surface area contributed by atoms with Gasteiger partial charge in [-0.2, -0.15) is 5.26 Å². The molecule has 6 nitrogen and oxygen atoms in total. The summed E-state index contributed by atoms with van der Waals surface area (Å²) in [4.78, 5) is 23.6. The van der Waals surface area contributed by atoms with Crippen LogP contribution in [-0.4, -0.2) is 35.6 Å². The van der Waals surface area contributed by atoms with E-state index < -0.39 is 12.0 Å². The van der Waals surface area contributed by atoms with Crippen molar-refractivity contribution < 1.29 is 14.7 Å². The van der Waals surface area contributed by atoms with E-state index in [9.17, 15) is 9.59 Å². The van der Waals surface area contributed by atoms with Crippen LogP contribution in [0.2, 0.25) is 5.02 Å². The Morgan fingerprint density at radius 3 is 2.80 bits per heavy atom. The first-order chi connectivity index (χ1) is 9.43. The molecule has 2 amide bonds. The van der Waals surface area contributed by atoms with Gasteiger partial charge >= 0.3 is 12.0 Å². The van der Waals surface area contributed by atoms with Crippen LogP contribution in [-0.2, 0) is 4.79 Å². The van der Waals surface area contributed by atoms with Crippen molar-refractivity contribution >= 4 is 29.3 Å². The highest BCUT2D eigenvalue weighted by molar-refractivity contribution is 6.33. The van der Waals surface area contributed by atoms with Gasteiger partial charge in [0.15, 0.2) is 0 Å². The molecule has 0 aliphatic rings. The molecule has 1 rings (SSSR count). The van der Waals surface area contributed by atoms with Crippen molar-refractivity contribution in [1.29, 1.82) is 5.26 Å². The molecule has 106 valence electrons. The molecular weight excluding hydrogens is 282 g/mol. The smallest absolute Gasteiger partial charge is 0.321 e. The fourth-order valence-electron chi connectivity index (χ4n) is 1.47. The predicted octanol–water partition coefficient (Wildman–Crippen LogP) is 2.54. The third-order valence-corrected chi connectivity index (χ3v) is 2.90. The van der Waals surface area contributed by atoms with Gasteiger partial charge in [-0.15, -0.1) is 0 Å². The number of hydrogen-bond donors (Lipinski definition) is 2. The zero-order valence-corrected chi connectivity index (χ0v) is 11.6. The summed E-state index contributed by atoms with van der Waals surface area (Å²) in [6.07, 6.45) is 0.369. The minimum absolute atomic E-state index is 0.00228. The lowest BCUT2D eigenvalue weighted by Crippen LogP contribution is -2.32. The number of carbonyl (C=O) groups excluding carboxylic acids is 1. The van der Waals surface area contributed by atoms with Crippen LogP contribution in [0.15, 0.2) is 18.2 Å². The summed E-state index contributed by atoms with van der Waals surface area (Å²) in [5.74, 6) is -0.899. The number of rotatable bonds is 5. The SMILES string of the molecule is CN(CCCC(=O)O)C(=O)Nc1cc(C#N)ccc1Cl. The van der Waals surface area contributed by atoms with E-state index in [2.05, 4.69) is 5.32 Å². The summed E-state index contributed by atoms with van der Waals surface area (Å²) in [6.45, 7) is 0.313. The van der Waals surface area contributed by atoms with Gasteiger partial charge in [-0.05, 0) is 24.6 Å². The van der Waals surface area contributed by atoms with Gasteiger partial charge in [-0.3, -0.25) is 4.79 Å². The molecule has 0 aliphatic heterocycles. The van der Waals surface area contributed by atoms with Crippen LogP contribution in [0.4, 0.5) is 10.5 Å². The number of carboxylic acid groups (broad SMARTS) is 1. The van der Waals surface area contributed by atoms with Gasteiger partial charge < -0.3 is 15.3 Å². The van der Waals surface area contributed by atoms with Crippen LogP contribution in [0.1, 0.15) is 18.4 Å². The molecule has 0 radical (unpaired) electrons. The third-order valence-electron chi connectivity index (χ3n) is 2.57. The molecule has 7 heteroatoms. The number of amides is 2. The van der Waals surface area contributed by atoms with Gasteiger partial charge in [-0.25, -0.2) is 4.79 Å². The maximum absolute atomic E-state index is 11.9. The van der Waals surface area contributed by atoms with Crippen LogP contribution in [0.3, 0.4) is 0 Å². The Bertz CT molecular complexity index is 554. The Labute approximate surface area is 121 Å². The molecule has 0 aliphatic carbocycles. The van der Waals surface area contributed by atoms with E-state index in [0.717, 1.165) is 0 Å². The number of benzene rings is 1. The highest BCUT2D eigenvalue weighted by Gasteiger charge is 2.11. The lowest BCUT2D eigenvalue weighted by molar-refractivity contribution is -0.137. The van der Waals surface area contributed by atoms with Crippen LogP contribution in [0.25, 0.3) is 0 Å². The lowest BCUT2D eigenvalue weighted by Gasteiger charge is -2.18. The Morgan fingerprint density at radius 2 is 2.20 bits per heavy atom. The monoisotopic (exact) mass is 295 g/mol. The van der Waals surface area contributed by atoms with Crippen molar-refractivity contribution in [2.45, 2.75) is 12.8 Å². The zero-order chi connectivity index (χ0) is 15.1. The lowest BCUT2D eigenvalue weighted by atomic mass is 10.2. The molecule has 0 spiro atoms. The van der Waals surface area contributed by atoms with Crippen molar-refractivity contribution in [1.82, 2.24) is 4.90 Å². The van der Waals surface area contributed by atoms with Crippen LogP contribution in [0, 0.1) is 11.3 Å². The van der Waals surface area contributed by atoms with Gasteiger partial charge in [0.1, 0.15) is 0 Å². The second-order valence-corrected chi connectivity index (χ2v) is 4.56. The number of carbonyl (C=O) groups is 2. The largest absolute Gasteiger partial charge is 0.481 e. The average molecular weight is 296 g/mol. The second-order valence-electron chi connectivity index (χ2n) is 4.16. The Kier molecular flexibility index (Phi) is 5.81. The maximum atomic E-state index is 11.9. The minimum atomic E-state index is -0.899. The van der Waals surface area contributed by atoms with E-state index in [-0.39, 0.29) is 6.42 Å². The quantitative estimate of drug-likeness (QED) is 0.873. The Morgan fingerprint density at radius 1 is 1.50 bits per heavy atom. The predicted molar refractivity (Wildman–Crippen MR) is 74.7 cm³/mol. The molecule has 0 saturated heterocycles. The number of nitrogens with zero attached hydrogens (tertiary/aromatic N) is 2. The fourth-order valence-corrected chi connectivity index (χ4v) is 1.64. The van der Waals surface area contributed by atoms with Gasteiger partial charge in [0.2, 0.25) is 0 Å². The molecule has 0 fully saturated rings. The number of hydrogen-bond acceptors (Lipinski definition) is 3. The first-order valence-electron chi connectivity index (χ1n) is 5.87. The second kappa shape index (κ2) is 7.36. The molecule has 0 unspecified atom stereocenters. The number of aliphatic carboxylic acids is 1. The summed E-state index contributed by atoms with van der Waals surface area (Å²) in [5.41, 5.74) is 0.735. The molecule has 0 heterocycles. The number of halogens is 1. The van der Waals surface area contributed by atoms with Crippen molar-refractivity contribution in [2.75, 3.05) is 18.9 Å². The van der Waals surface area contributed by atoms with E-state index in [1.54, 1.807) is 13.1 Å². The van der Waals surface area contributed by atoms with Gasteiger partial charge in [-0.1, -0.05) is 11.6 Å². The summed E-state index contributed by atoms with van der Waals surface area (Å²) in [7, 11) is 1.55. The van der Waals surface area contributed by atoms with E-state index in [1.807, 2.05) is 6.07 Å². The Hall–Kier alpha value is -2.26. The molecule has 0 atom stereocenters. The van der Waals surface area contributed by atoms with Gasteiger partial charge in [0.25, 0.3) is 0 Å². The summed E-state index contributed by atoms with van der Waals surface area (Å²) >= 11 is 5.93. The Balaban J connectivity index is 2.61. The highest BCUT2D eigenvalue weighted by atomic mass is 35.5. The minimum Gasteiger partial charge on any atom is -0.481 e. The number of anilines is 1. The van der Waals surface area contributed by atoms with E-state index in [4.69, 9.17) is 22.0 Å². The van der Waals surface area contributed by atoms with Crippen LogP contribution in [0.5, 0.6) is 0 Å². The molecule has 0 bridgehead atoms. The van der Waals surface area contributed by atoms with Gasteiger partial charge in [0.05, 0.1) is 22.3 Å². The maximum Gasteiger partial charge on any atom is 0.321 e.